The molecule has 2 saturated heterocycles. The van der Waals surface area contributed by atoms with Crippen LogP contribution >= 0.6 is 11.8 Å². The van der Waals surface area contributed by atoms with E-state index in [0.717, 1.165) is 24.5 Å². The smallest absolute Gasteiger partial charge is 0.0685 e. The van der Waals surface area contributed by atoms with Crippen molar-refractivity contribution in [2.24, 2.45) is 11.8 Å². The molecule has 3 aliphatic rings. The van der Waals surface area contributed by atoms with Crippen LogP contribution in [0.15, 0.2) is 0 Å². The van der Waals surface area contributed by atoms with Crippen molar-refractivity contribution in [3.8, 4) is 0 Å². The van der Waals surface area contributed by atoms with Crippen molar-refractivity contribution in [3.63, 3.8) is 0 Å². The number of hydrogen-bond acceptors (Lipinski definition) is 3. The molecule has 1 aliphatic carbocycles. The second-order valence-electron chi connectivity index (χ2n) is 6.43. The van der Waals surface area contributed by atoms with Crippen LogP contribution in [-0.2, 0) is 4.74 Å². The molecule has 18 heavy (non-hydrogen) atoms. The lowest BCUT2D eigenvalue weighted by Crippen LogP contribution is -2.48. The van der Waals surface area contributed by atoms with Crippen molar-refractivity contribution < 1.29 is 4.74 Å². The lowest BCUT2D eigenvalue weighted by Gasteiger charge is -2.42. The van der Waals surface area contributed by atoms with Gasteiger partial charge in [0.1, 0.15) is 0 Å². The number of nitrogens with one attached hydrogen (secondary N) is 1. The van der Waals surface area contributed by atoms with Crippen LogP contribution in [0.25, 0.3) is 0 Å². The summed E-state index contributed by atoms with van der Waals surface area (Å²) in [7, 11) is 2.17. The molecular weight excluding hydrogens is 242 g/mol. The van der Waals surface area contributed by atoms with Crippen molar-refractivity contribution in [1.82, 2.24) is 5.32 Å². The molecule has 0 amide bonds. The van der Waals surface area contributed by atoms with Gasteiger partial charge >= 0.3 is 0 Å². The highest BCUT2D eigenvalue weighted by molar-refractivity contribution is 7.99. The van der Waals surface area contributed by atoms with E-state index in [1.54, 1.807) is 0 Å². The van der Waals surface area contributed by atoms with Crippen LogP contribution in [0.3, 0.4) is 0 Å². The minimum Gasteiger partial charge on any atom is -0.375 e. The first kappa shape index (κ1) is 13.3. The van der Waals surface area contributed by atoms with Crippen molar-refractivity contribution in [2.45, 2.75) is 56.6 Å². The van der Waals surface area contributed by atoms with Gasteiger partial charge in [-0.3, -0.25) is 0 Å². The van der Waals surface area contributed by atoms with Crippen LogP contribution in [0.1, 0.15) is 44.9 Å². The Morgan fingerprint density at radius 1 is 1.22 bits per heavy atom. The summed E-state index contributed by atoms with van der Waals surface area (Å²) in [5.41, 5.74) is 0.282. The van der Waals surface area contributed by atoms with E-state index in [1.165, 1.54) is 56.5 Å². The molecule has 2 nitrogen and oxygen atoms in total. The average molecular weight is 269 g/mol. The van der Waals surface area contributed by atoms with Gasteiger partial charge in [0.05, 0.1) is 5.60 Å². The summed E-state index contributed by atoms with van der Waals surface area (Å²) in [6.45, 7) is 1.00. The van der Waals surface area contributed by atoms with Crippen LogP contribution in [0.4, 0.5) is 0 Å². The van der Waals surface area contributed by atoms with E-state index >= 15 is 0 Å². The maximum Gasteiger partial charge on any atom is 0.0685 e. The Balaban J connectivity index is 1.66. The molecule has 1 spiro atoms. The van der Waals surface area contributed by atoms with Gasteiger partial charge in [-0.05, 0) is 62.5 Å². The zero-order chi connectivity index (χ0) is 12.4. The zero-order valence-corrected chi connectivity index (χ0v) is 12.4. The fraction of sp³-hybridized carbons (Fsp3) is 1.00. The van der Waals surface area contributed by atoms with Crippen molar-refractivity contribution >= 4 is 11.8 Å². The molecule has 0 aromatic carbocycles. The summed E-state index contributed by atoms with van der Waals surface area (Å²) in [5, 5.41) is 3.65. The summed E-state index contributed by atoms with van der Waals surface area (Å²) in [6, 6.07) is 0.737. The number of thioether (sulfide) groups is 1. The number of hydrogen-bond donors (Lipinski definition) is 1. The van der Waals surface area contributed by atoms with Crippen LogP contribution < -0.4 is 5.32 Å². The van der Waals surface area contributed by atoms with Crippen molar-refractivity contribution in [1.29, 1.82) is 0 Å². The van der Waals surface area contributed by atoms with Crippen LogP contribution in [0.5, 0.6) is 0 Å². The van der Waals surface area contributed by atoms with E-state index in [2.05, 4.69) is 24.1 Å². The van der Waals surface area contributed by atoms with Gasteiger partial charge in [0.25, 0.3) is 0 Å². The molecule has 2 aliphatic heterocycles. The van der Waals surface area contributed by atoms with Gasteiger partial charge in [0.15, 0.2) is 0 Å². The largest absolute Gasteiger partial charge is 0.375 e. The summed E-state index contributed by atoms with van der Waals surface area (Å²) in [6.07, 6.45) is 9.42. The Morgan fingerprint density at radius 3 is 2.72 bits per heavy atom. The highest BCUT2D eigenvalue weighted by Gasteiger charge is 2.43. The standard InChI is InChI=1S/C15H27NOS/c1-16-14(13-5-9-18-11-13)12-4-8-17-15(10-12)6-2-3-7-15/h12-14,16H,2-11H2,1H3. The third kappa shape index (κ3) is 2.59. The topological polar surface area (TPSA) is 21.3 Å². The lowest BCUT2D eigenvalue weighted by molar-refractivity contribution is -0.0999. The molecule has 0 radical (unpaired) electrons. The minimum atomic E-state index is 0.282. The second kappa shape index (κ2) is 5.72. The monoisotopic (exact) mass is 269 g/mol. The fourth-order valence-corrected chi connectivity index (χ4v) is 5.75. The molecule has 3 fully saturated rings. The Morgan fingerprint density at radius 2 is 2.06 bits per heavy atom. The molecule has 0 bridgehead atoms. The van der Waals surface area contributed by atoms with Gasteiger partial charge in [0.2, 0.25) is 0 Å². The highest BCUT2D eigenvalue weighted by atomic mass is 32.2. The molecule has 1 N–H and O–H groups in total. The summed E-state index contributed by atoms with van der Waals surface area (Å²) in [5.74, 6) is 4.50. The number of ether oxygens (including phenoxy) is 1. The van der Waals surface area contributed by atoms with E-state index in [1.807, 2.05) is 0 Å². The van der Waals surface area contributed by atoms with Crippen molar-refractivity contribution in [2.75, 3.05) is 25.2 Å². The normalized spacial score (nSPS) is 37.2. The molecular formula is C15H27NOS. The van der Waals surface area contributed by atoms with E-state index < -0.39 is 0 Å². The molecule has 104 valence electrons. The first-order chi connectivity index (χ1) is 8.83. The Kier molecular flexibility index (Phi) is 4.21. The van der Waals surface area contributed by atoms with Gasteiger partial charge in [-0.1, -0.05) is 12.8 Å². The van der Waals surface area contributed by atoms with Crippen LogP contribution in [0, 0.1) is 11.8 Å². The lowest BCUT2D eigenvalue weighted by atomic mass is 9.76. The Bertz CT molecular complexity index is 272. The maximum atomic E-state index is 6.18. The van der Waals surface area contributed by atoms with E-state index in [9.17, 15) is 0 Å². The van der Waals surface area contributed by atoms with Crippen molar-refractivity contribution in [3.05, 3.63) is 0 Å². The zero-order valence-electron chi connectivity index (χ0n) is 11.6. The second-order valence-corrected chi connectivity index (χ2v) is 7.58. The highest BCUT2D eigenvalue weighted by Crippen LogP contribution is 2.44. The van der Waals surface area contributed by atoms with E-state index in [4.69, 9.17) is 4.74 Å². The van der Waals surface area contributed by atoms with E-state index in [-0.39, 0.29) is 5.60 Å². The van der Waals surface area contributed by atoms with Crippen LogP contribution in [-0.4, -0.2) is 36.8 Å². The van der Waals surface area contributed by atoms with Gasteiger partial charge in [0, 0.05) is 12.6 Å². The summed E-state index contributed by atoms with van der Waals surface area (Å²) in [4.78, 5) is 0. The third-order valence-electron chi connectivity index (χ3n) is 5.36. The van der Waals surface area contributed by atoms with Gasteiger partial charge in [-0.2, -0.15) is 11.8 Å². The van der Waals surface area contributed by atoms with Crippen LogP contribution in [0.2, 0.25) is 0 Å². The summed E-state index contributed by atoms with van der Waals surface area (Å²) < 4.78 is 6.18. The SMILES string of the molecule is CNC(C1CCSC1)C1CCOC2(CCCC2)C1. The molecule has 1 saturated carbocycles. The fourth-order valence-electron chi connectivity index (χ4n) is 4.43. The molecule has 2 heterocycles. The van der Waals surface area contributed by atoms with Gasteiger partial charge in [-0.15, -0.1) is 0 Å². The maximum absolute atomic E-state index is 6.18. The third-order valence-corrected chi connectivity index (χ3v) is 6.55. The first-order valence-corrected chi connectivity index (χ1v) is 8.87. The Hall–Kier alpha value is 0.270. The predicted molar refractivity (Wildman–Crippen MR) is 78.2 cm³/mol. The number of rotatable bonds is 3. The predicted octanol–water partition coefficient (Wildman–Crippen LogP) is 3.07. The molecule has 3 unspecified atom stereocenters. The average Bonchev–Trinajstić information content (AvgIpc) is 3.03. The molecule has 3 atom stereocenters. The van der Waals surface area contributed by atoms with E-state index in [0.29, 0.717) is 0 Å². The summed E-state index contributed by atoms with van der Waals surface area (Å²) >= 11 is 2.14. The quantitative estimate of drug-likeness (QED) is 0.851. The minimum absolute atomic E-state index is 0.282. The molecule has 3 rings (SSSR count). The molecule has 3 heteroatoms. The van der Waals surface area contributed by atoms with Gasteiger partial charge < -0.3 is 10.1 Å². The Labute approximate surface area is 116 Å². The first-order valence-electron chi connectivity index (χ1n) is 7.72. The molecule has 0 aromatic rings. The molecule has 0 aromatic heterocycles. The van der Waals surface area contributed by atoms with Gasteiger partial charge in [-0.25, -0.2) is 0 Å².